The summed E-state index contributed by atoms with van der Waals surface area (Å²) in [4.78, 5) is 22.0. The summed E-state index contributed by atoms with van der Waals surface area (Å²) in [6, 6.07) is 12.7. The van der Waals surface area contributed by atoms with Gasteiger partial charge in [-0.25, -0.2) is 9.97 Å². The van der Waals surface area contributed by atoms with Gasteiger partial charge in [0, 0.05) is 24.0 Å². The van der Waals surface area contributed by atoms with Crippen LogP contribution in [0.1, 0.15) is 36.0 Å². The number of ether oxygens (including phenoxy) is 2. The van der Waals surface area contributed by atoms with Gasteiger partial charge in [-0.1, -0.05) is 36.0 Å². The summed E-state index contributed by atoms with van der Waals surface area (Å²) in [6.07, 6.45) is 10.3. The predicted molar refractivity (Wildman–Crippen MR) is 151 cm³/mol. The van der Waals surface area contributed by atoms with Gasteiger partial charge in [-0.2, -0.15) is 0 Å². The molecular weight excluding hydrogens is 496 g/mol. The maximum Gasteiger partial charge on any atom is 0.230 e. The number of fused-ring (bicyclic) bond motifs is 1. The highest BCUT2D eigenvalue weighted by atomic mass is 32.2. The predicted octanol–water partition coefficient (Wildman–Crippen LogP) is 4.47. The van der Waals surface area contributed by atoms with Gasteiger partial charge in [-0.15, -0.1) is 0 Å². The lowest BCUT2D eigenvalue weighted by molar-refractivity contribution is -0.119. The van der Waals surface area contributed by atoms with Crippen LogP contribution in [0.3, 0.4) is 0 Å². The van der Waals surface area contributed by atoms with Crippen LogP contribution >= 0.6 is 11.8 Å². The van der Waals surface area contributed by atoms with Crippen molar-refractivity contribution in [2.75, 3.05) is 33.1 Å². The van der Waals surface area contributed by atoms with Gasteiger partial charge in [-0.3, -0.25) is 4.79 Å². The van der Waals surface area contributed by atoms with Gasteiger partial charge in [-0.05, 0) is 91.9 Å². The molecule has 1 amide bonds. The van der Waals surface area contributed by atoms with Crippen molar-refractivity contribution in [1.82, 2.24) is 20.6 Å². The van der Waals surface area contributed by atoms with E-state index in [1.165, 1.54) is 47.7 Å². The molecule has 38 heavy (non-hydrogen) atoms. The molecule has 1 aliphatic carbocycles. The molecule has 1 fully saturated rings. The van der Waals surface area contributed by atoms with E-state index < -0.39 is 0 Å². The Bertz CT molecular complexity index is 1240. The Morgan fingerprint density at radius 3 is 2.61 bits per heavy atom. The lowest BCUT2D eigenvalue weighted by Gasteiger charge is -2.31. The lowest BCUT2D eigenvalue weighted by Crippen LogP contribution is -2.48. The topological polar surface area (TPSA) is 85.4 Å². The fourth-order valence-electron chi connectivity index (χ4n) is 5.50. The second kappa shape index (κ2) is 12.6. The van der Waals surface area contributed by atoms with Gasteiger partial charge < -0.3 is 20.1 Å². The molecule has 5 rings (SSSR count). The molecule has 2 atom stereocenters. The largest absolute Gasteiger partial charge is 0.493 e. The van der Waals surface area contributed by atoms with Gasteiger partial charge in [0.15, 0.2) is 16.7 Å². The normalized spacial score (nSPS) is 17.5. The Morgan fingerprint density at radius 2 is 1.84 bits per heavy atom. The molecule has 200 valence electrons. The average Bonchev–Trinajstić information content (AvgIpc) is 3.44. The number of nitrogens with one attached hydrogen (secondary N) is 2. The molecule has 2 N–H and O–H groups in total. The number of aromatic nitrogens is 2. The fraction of sp³-hybridized carbons (Fsp3) is 0.433. The number of carbonyl (C=O) groups is 1. The number of carbonyl (C=O) groups excluding carboxylic acids is 1. The number of amides is 1. The molecule has 8 heteroatoms. The van der Waals surface area contributed by atoms with E-state index in [9.17, 15) is 4.79 Å². The van der Waals surface area contributed by atoms with E-state index in [1.807, 2.05) is 18.2 Å². The zero-order valence-electron chi connectivity index (χ0n) is 22.2. The van der Waals surface area contributed by atoms with E-state index in [1.54, 1.807) is 26.6 Å². The second-order valence-electron chi connectivity index (χ2n) is 10.1. The molecule has 2 aliphatic rings. The summed E-state index contributed by atoms with van der Waals surface area (Å²) in [6.45, 7) is 2.01. The number of methoxy groups -OCH3 is 2. The van der Waals surface area contributed by atoms with E-state index in [4.69, 9.17) is 9.47 Å². The van der Waals surface area contributed by atoms with Crippen LogP contribution in [0, 0.1) is 5.92 Å². The van der Waals surface area contributed by atoms with Crippen molar-refractivity contribution in [2.24, 2.45) is 5.92 Å². The van der Waals surface area contributed by atoms with Crippen molar-refractivity contribution in [3.8, 4) is 22.6 Å². The molecule has 0 saturated carbocycles. The lowest BCUT2D eigenvalue weighted by atomic mass is 9.87. The first-order valence-corrected chi connectivity index (χ1v) is 14.4. The van der Waals surface area contributed by atoms with Gasteiger partial charge in [0.05, 0.1) is 20.0 Å². The third kappa shape index (κ3) is 6.48. The van der Waals surface area contributed by atoms with Crippen LogP contribution in [0.5, 0.6) is 11.5 Å². The van der Waals surface area contributed by atoms with E-state index in [2.05, 4.69) is 38.8 Å². The molecule has 3 aromatic rings. The molecule has 0 spiro atoms. The Kier molecular flexibility index (Phi) is 8.81. The Labute approximate surface area is 229 Å². The van der Waals surface area contributed by atoms with Crippen LogP contribution in [0.15, 0.2) is 53.9 Å². The molecular formula is C30H36N4O3S. The van der Waals surface area contributed by atoms with Crippen molar-refractivity contribution < 1.29 is 14.3 Å². The van der Waals surface area contributed by atoms with Gasteiger partial charge in [0.25, 0.3) is 0 Å². The van der Waals surface area contributed by atoms with Crippen molar-refractivity contribution in [1.29, 1.82) is 0 Å². The van der Waals surface area contributed by atoms with Crippen LogP contribution in [0.4, 0.5) is 0 Å². The number of hydrogen-bond donors (Lipinski definition) is 2. The molecule has 1 saturated heterocycles. The van der Waals surface area contributed by atoms with E-state index in [0.717, 1.165) is 43.5 Å². The Balaban J connectivity index is 1.20. The SMILES string of the molecule is COc1ccc(-c2cnc(SCC(=O)NC(Cc3ccc4c(c3)CCC4)C3CCCNC3)nc2)cc1OC. The van der Waals surface area contributed by atoms with Crippen LogP contribution in [0.25, 0.3) is 11.1 Å². The Morgan fingerprint density at radius 1 is 1.03 bits per heavy atom. The number of nitrogens with zero attached hydrogens (tertiary/aromatic N) is 2. The van der Waals surface area contributed by atoms with E-state index >= 15 is 0 Å². The van der Waals surface area contributed by atoms with Crippen LogP contribution in [-0.4, -0.2) is 55.0 Å². The number of aryl methyl sites for hydroxylation is 2. The van der Waals surface area contributed by atoms with Crippen LogP contribution in [-0.2, 0) is 24.1 Å². The van der Waals surface area contributed by atoms with E-state index in [0.29, 0.717) is 22.6 Å². The van der Waals surface area contributed by atoms with Crippen LogP contribution < -0.4 is 20.1 Å². The maximum absolute atomic E-state index is 13.0. The highest BCUT2D eigenvalue weighted by molar-refractivity contribution is 7.99. The minimum Gasteiger partial charge on any atom is -0.493 e. The number of benzene rings is 2. The first-order valence-electron chi connectivity index (χ1n) is 13.4. The Hall–Kier alpha value is -3.10. The molecule has 7 nitrogen and oxygen atoms in total. The van der Waals surface area contributed by atoms with Crippen molar-refractivity contribution >= 4 is 17.7 Å². The van der Waals surface area contributed by atoms with E-state index in [-0.39, 0.29) is 17.7 Å². The zero-order valence-corrected chi connectivity index (χ0v) is 23.0. The number of hydrogen-bond acceptors (Lipinski definition) is 7. The summed E-state index contributed by atoms with van der Waals surface area (Å²) < 4.78 is 10.7. The second-order valence-corrected chi connectivity index (χ2v) is 11.0. The molecule has 2 heterocycles. The summed E-state index contributed by atoms with van der Waals surface area (Å²) in [7, 11) is 3.23. The molecule has 0 bridgehead atoms. The van der Waals surface area contributed by atoms with Crippen molar-refractivity contribution in [3.05, 3.63) is 65.5 Å². The highest BCUT2D eigenvalue weighted by Gasteiger charge is 2.26. The average molecular weight is 533 g/mol. The summed E-state index contributed by atoms with van der Waals surface area (Å²) in [5.74, 6) is 2.08. The zero-order chi connectivity index (χ0) is 26.3. The van der Waals surface area contributed by atoms with Gasteiger partial charge in [0.2, 0.25) is 5.91 Å². The molecule has 1 aliphatic heterocycles. The summed E-state index contributed by atoms with van der Waals surface area (Å²) >= 11 is 1.36. The molecule has 1 aromatic heterocycles. The molecule has 0 radical (unpaired) electrons. The first kappa shape index (κ1) is 26.5. The van der Waals surface area contributed by atoms with Gasteiger partial charge >= 0.3 is 0 Å². The van der Waals surface area contributed by atoms with Crippen molar-refractivity contribution in [2.45, 2.75) is 49.7 Å². The minimum absolute atomic E-state index is 0.0271. The standard InChI is InChI=1S/C30H36N4O3S/c1-36-27-11-10-23(15-28(27)37-2)25-17-32-30(33-18-25)38-19-29(35)34-26(24-7-4-12-31-16-24)14-20-8-9-21-5-3-6-22(21)13-20/h8-11,13,15,17-18,24,26,31H,3-7,12,14,16,19H2,1-2H3,(H,34,35). The van der Waals surface area contributed by atoms with Crippen LogP contribution in [0.2, 0.25) is 0 Å². The number of thioether (sulfide) groups is 1. The number of rotatable bonds is 10. The first-order chi connectivity index (χ1) is 18.6. The maximum atomic E-state index is 13.0. The quantitative estimate of drug-likeness (QED) is 0.294. The highest BCUT2D eigenvalue weighted by Crippen LogP contribution is 2.32. The molecule has 2 unspecified atom stereocenters. The fourth-order valence-corrected chi connectivity index (χ4v) is 6.10. The van der Waals surface area contributed by atoms with Gasteiger partial charge in [0.1, 0.15) is 0 Å². The minimum atomic E-state index is 0.0271. The summed E-state index contributed by atoms with van der Waals surface area (Å²) in [5, 5.41) is 7.45. The van der Waals surface area contributed by atoms with Crippen molar-refractivity contribution in [3.63, 3.8) is 0 Å². The smallest absolute Gasteiger partial charge is 0.230 e. The molecule has 2 aromatic carbocycles. The third-order valence-corrected chi connectivity index (χ3v) is 8.42. The number of piperidine rings is 1. The summed E-state index contributed by atoms with van der Waals surface area (Å²) in [5.41, 5.74) is 6.11. The monoisotopic (exact) mass is 532 g/mol. The third-order valence-electron chi connectivity index (χ3n) is 7.55.